The molecular weight excluding hydrogens is 1010 g/mol. The summed E-state index contributed by atoms with van der Waals surface area (Å²) >= 11 is 0. The Kier molecular flexibility index (Phi) is 29.2. The van der Waals surface area contributed by atoms with Crippen LogP contribution in [-0.2, 0) is 66.5 Å². The lowest BCUT2D eigenvalue weighted by Crippen LogP contribution is -2.67. The number of esters is 3. The first-order chi connectivity index (χ1) is 37.0. The van der Waals surface area contributed by atoms with Gasteiger partial charge in [0.15, 0.2) is 43.5 Å². The number of aliphatic hydroxyl groups is 7. The molecule has 77 heavy (non-hydrogen) atoms. The summed E-state index contributed by atoms with van der Waals surface area (Å²) in [7, 11) is 0. The van der Waals surface area contributed by atoms with E-state index in [1.165, 1.54) is 6.92 Å². The molecule has 0 aliphatic carbocycles. The second-order valence-corrected chi connectivity index (χ2v) is 22.1. The van der Waals surface area contributed by atoms with Crippen LogP contribution >= 0.6 is 0 Å². The average Bonchev–Trinajstić information content (AvgIpc) is 3.40. The summed E-state index contributed by atoms with van der Waals surface area (Å²) in [5.74, 6) is -1.91. The van der Waals surface area contributed by atoms with Crippen molar-refractivity contribution in [3.63, 3.8) is 0 Å². The molecule has 21 nitrogen and oxygen atoms in total. The molecule has 7 N–H and O–H groups in total. The predicted molar refractivity (Wildman–Crippen MR) is 276 cm³/mol. The molecule has 21 unspecified atom stereocenters. The molecule has 0 aromatic rings. The Morgan fingerprint density at radius 1 is 0.494 bits per heavy atom. The molecule has 0 aromatic carbocycles. The smallest absolute Gasteiger partial charge is 0.306 e. The first-order valence-electron chi connectivity index (χ1n) is 29.5. The van der Waals surface area contributed by atoms with E-state index >= 15 is 0 Å². The largest absolute Gasteiger partial charge is 0.457 e. The molecule has 5 fully saturated rings. The molecule has 5 rings (SSSR count). The average molecular weight is 1110 g/mol. The monoisotopic (exact) mass is 1110 g/mol. The van der Waals surface area contributed by atoms with Gasteiger partial charge in [-0.15, -0.1) is 0 Å². The normalized spacial score (nSPS) is 39.0. The number of ether oxygens (including phenoxy) is 11. The summed E-state index contributed by atoms with van der Waals surface area (Å²) in [6.45, 7) is 10.3. The zero-order valence-corrected chi connectivity index (χ0v) is 46.9. The van der Waals surface area contributed by atoms with E-state index < -0.39 is 147 Å². The summed E-state index contributed by atoms with van der Waals surface area (Å²) in [5, 5.41) is 80.0. The van der Waals surface area contributed by atoms with Crippen molar-refractivity contribution in [2.45, 2.75) is 331 Å². The van der Waals surface area contributed by atoms with Gasteiger partial charge >= 0.3 is 17.9 Å². The molecule has 5 aliphatic rings. The number of aliphatic hydroxyl groups excluding tert-OH is 7. The van der Waals surface area contributed by atoms with E-state index in [9.17, 15) is 50.1 Å². The molecule has 0 radical (unpaired) electrons. The van der Waals surface area contributed by atoms with Crippen LogP contribution in [0.3, 0.4) is 0 Å². The van der Waals surface area contributed by atoms with Crippen LogP contribution in [0.4, 0.5) is 0 Å². The molecule has 5 heterocycles. The number of carbonyl (C=O) groups is 3. The first-order valence-corrected chi connectivity index (χ1v) is 29.5. The third-order valence-corrected chi connectivity index (χ3v) is 15.6. The number of fused-ring (bicyclic) bond motifs is 2. The second kappa shape index (κ2) is 34.3. The lowest BCUT2D eigenvalue weighted by atomic mass is 9.95. The number of carbonyl (C=O) groups excluding carboxylic acids is 3. The minimum atomic E-state index is -1.76. The van der Waals surface area contributed by atoms with Crippen molar-refractivity contribution in [1.29, 1.82) is 0 Å². The lowest BCUT2D eigenvalue weighted by Gasteiger charge is -2.49. The van der Waals surface area contributed by atoms with Gasteiger partial charge in [0, 0.05) is 19.3 Å². The van der Waals surface area contributed by atoms with Gasteiger partial charge < -0.3 is 87.9 Å². The molecule has 5 saturated heterocycles. The maximum Gasteiger partial charge on any atom is 0.306 e. The van der Waals surface area contributed by atoms with E-state index in [2.05, 4.69) is 20.8 Å². The summed E-state index contributed by atoms with van der Waals surface area (Å²) in [5.41, 5.74) is 0. The van der Waals surface area contributed by atoms with Gasteiger partial charge in [0.2, 0.25) is 0 Å². The highest BCUT2D eigenvalue weighted by Gasteiger charge is 2.56. The van der Waals surface area contributed by atoms with E-state index in [0.717, 1.165) is 109 Å². The van der Waals surface area contributed by atoms with Crippen molar-refractivity contribution in [3.05, 3.63) is 0 Å². The highest BCUT2D eigenvalue weighted by atomic mass is 16.8. The van der Waals surface area contributed by atoms with Crippen LogP contribution in [0.1, 0.15) is 202 Å². The van der Waals surface area contributed by atoms with Gasteiger partial charge in [0.1, 0.15) is 61.0 Å². The SMILES string of the molecule is CCCCCCCC(=O)OC1C(C)OC(OC2C(C)OC(OC3C(C)OC4OC5C(OC(CCCCC)CCCCCCCCCC(=O)OC4C3O)OC(CO)C(O)C5O)C(OC(=O)CCCCCCC)C2O)C(O)C1O. The number of hydrogen-bond acceptors (Lipinski definition) is 21. The van der Waals surface area contributed by atoms with Crippen molar-refractivity contribution >= 4 is 17.9 Å². The van der Waals surface area contributed by atoms with E-state index in [1.807, 2.05) is 0 Å². The maximum absolute atomic E-state index is 13.7. The number of hydrogen-bond donors (Lipinski definition) is 7. The van der Waals surface area contributed by atoms with Gasteiger partial charge in [-0.05, 0) is 52.9 Å². The van der Waals surface area contributed by atoms with Crippen LogP contribution in [-0.4, -0.2) is 189 Å². The third kappa shape index (κ3) is 19.8. The van der Waals surface area contributed by atoms with Crippen molar-refractivity contribution in [1.82, 2.24) is 0 Å². The number of unbranched alkanes of at least 4 members (excludes halogenated alkanes) is 10. The van der Waals surface area contributed by atoms with Gasteiger partial charge in [-0.1, -0.05) is 130 Å². The fourth-order valence-electron chi connectivity index (χ4n) is 10.9. The highest BCUT2D eigenvalue weighted by Crippen LogP contribution is 2.37. The number of rotatable bonds is 23. The molecule has 5 aliphatic heterocycles. The second-order valence-electron chi connectivity index (χ2n) is 22.1. The maximum atomic E-state index is 13.7. The first kappa shape index (κ1) is 65.6. The summed E-state index contributed by atoms with van der Waals surface area (Å²) in [6, 6.07) is 0. The Hall–Kier alpha value is -2.19. The van der Waals surface area contributed by atoms with Gasteiger partial charge in [0.25, 0.3) is 0 Å². The van der Waals surface area contributed by atoms with Crippen molar-refractivity contribution < 1.29 is 102 Å². The molecule has 0 amide bonds. The Balaban J connectivity index is 1.38. The molecule has 0 saturated carbocycles. The topological polar surface area (TPSA) is 294 Å². The quantitative estimate of drug-likeness (QED) is 0.0393. The summed E-state index contributed by atoms with van der Waals surface area (Å²) < 4.78 is 67.9. The van der Waals surface area contributed by atoms with Crippen molar-refractivity contribution in [2.24, 2.45) is 0 Å². The fourth-order valence-corrected chi connectivity index (χ4v) is 10.9. The molecular formula is C56H98O21. The molecule has 21 atom stereocenters. The van der Waals surface area contributed by atoms with Crippen LogP contribution in [0, 0.1) is 0 Å². The Morgan fingerprint density at radius 2 is 1.01 bits per heavy atom. The van der Waals surface area contributed by atoms with Crippen LogP contribution in [0.25, 0.3) is 0 Å². The van der Waals surface area contributed by atoms with Gasteiger partial charge in [-0.3, -0.25) is 14.4 Å². The van der Waals surface area contributed by atoms with Crippen molar-refractivity contribution in [2.75, 3.05) is 6.61 Å². The van der Waals surface area contributed by atoms with E-state index in [-0.39, 0.29) is 25.4 Å². The van der Waals surface area contributed by atoms with Gasteiger partial charge in [0.05, 0.1) is 31.0 Å². The predicted octanol–water partition coefficient (Wildman–Crippen LogP) is 5.21. The fraction of sp³-hybridized carbons (Fsp3) is 0.946. The molecule has 448 valence electrons. The lowest BCUT2D eigenvalue weighted by molar-refractivity contribution is -0.388. The standard InChI is InChI=1S/C56H98O21/c1-7-10-13-18-24-29-38(58)72-47-33(4)67-53(44(64)43(47)63)75-48-34(5)68-54(51(45(48)65)73-39(59)30-25-19-14-11-8-2)76-49-35(6)69-55-52(46(49)66)74-40(60)31-26-21-17-15-16-20-23-28-36(27-22-12-9-3)70-56-50(77-55)42(62)41(61)37(32-57)71-56/h33-37,41-57,61-66H,7-32H2,1-6H3. The summed E-state index contributed by atoms with van der Waals surface area (Å²) in [4.78, 5) is 40.0. The Bertz CT molecular complexity index is 1680. The molecule has 0 bridgehead atoms. The minimum absolute atomic E-state index is 0.00175. The van der Waals surface area contributed by atoms with Crippen LogP contribution < -0.4 is 0 Å². The van der Waals surface area contributed by atoms with E-state index in [4.69, 9.17) is 52.1 Å². The van der Waals surface area contributed by atoms with Crippen LogP contribution in [0.15, 0.2) is 0 Å². The molecule has 21 heteroatoms. The van der Waals surface area contributed by atoms with Gasteiger partial charge in [-0.25, -0.2) is 0 Å². The molecule has 0 spiro atoms. The minimum Gasteiger partial charge on any atom is -0.457 e. The Labute approximate surface area is 456 Å². The van der Waals surface area contributed by atoms with Gasteiger partial charge in [-0.2, -0.15) is 0 Å². The van der Waals surface area contributed by atoms with E-state index in [0.29, 0.717) is 32.1 Å². The Morgan fingerprint density at radius 3 is 1.65 bits per heavy atom. The van der Waals surface area contributed by atoms with Crippen molar-refractivity contribution in [3.8, 4) is 0 Å². The summed E-state index contributed by atoms with van der Waals surface area (Å²) in [6.07, 6.45) is -10.7. The highest BCUT2D eigenvalue weighted by molar-refractivity contribution is 5.70. The zero-order chi connectivity index (χ0) is 56.0. The third-order valence-electron chi connectivity index (χ3n) is 15.6. The molecule has 0 aromatic heterocycles. The van der Waals surface area contributed by atoms with Crippen LogP contribution in [0.2, 0.25) is 0 Å². The zero-order valence-electron chi connectivity index (χ0n) is 46.9. The van der Waals surface area contributed by atoms with E-state index in [1.54, 1.807) is 13.8 Å². The van der Waals surface area contributed by atoms with Crippen LogP contribution in [0.5, 0.6) is 0 Å².